The Balaban J connectivity index is 2.32. The number of hydrogen-bond acceptors (Lipinski definition) is 4. The summed E-state index contributed by atoms with van der Waals surface area (Å²) >= 11 is 0. The van der Waals surface area contributed by atoms with Crippen LogP contribution in [0.4, 0.5) is 0 Å². The molecule has 0 saturated carbocycles. The van der Waals surface area contributed by atoms with E-state index in [4.69, 9.17) is 0 Å². The fraction of sp³-hybridized carbons (Fsp3) is 0.625. The Bertz CT molecular complexity index is 754. The van der Waals surface area contributed by atoms with Gasteiger partial charge >= 0.3 is 0 Å². The van der Waals surface area contributed by atoms with Gasteiger partial charge in [0.05, 0.1) is 9.79 Å². The Labute approximate surface area is 145 Å². The van der Waals surface area contributed by atoms with E-state index < -0.39 is 20.0 Å². The molecule has 0 unspecified atom stereocenters. The maximum atomic E-state index is 12.8. The van der Waals surface area contributed by atoms with Crippen LogP contribution in [-0.4, -0.2) is 51.1 Å². The SMILES string of the molecule is CCN(CC)S(=O)(=O)c1ccc(S(=O)(=O)N2CCCC[C@H]2C)cc1. The first-order chi connectivity index (χ1) is 11.2. The minimum atomic E-state index is -3.58. The van der Waals surface area contributed by atoms with Crippen LogP contribution in [-0.2, 0) is 20.0 Å². The quantitative estimate of drug-likeness (QED) is 0.766. The van der Waals surface area contributed by atoms with E-state index in [9.17, 15) is 16.8 Å². The largest absolute Gasteiger partial charge is 0.243 e. The molecule has 0 radical (unpaired) electrons. The topological polar surface area (TPSA) is 74.8 Å². The van der Waals surface area contributed by atoms with E-state index >= 15 is 0 Å². The lowest BCUT2D eigenvalue weighted by molar-refractivity contribution is 0.268. The van der Waals surface area contributed by atoms with E-state index in [1.165, 1.54) is 32.9 Å². The van der Waals surface area contributed by atoms with Crippen molar-refractivity contribution in [2.24, 2.45) is 0 Å². The van der Waals surface area contributed by atoms with Gasteiger partial charge in [0.25, 0.3) is 0 Å². The van der Waals surface area contributed by atoms with Gasteiger partial charge in [-0.2, -0.15) is 8.61 Å². The van der Waals surface area contributed by atoms with Gasteiger partial charge < -0.3 is 0 Å². The van der Waals surface area contributed by atoms with Crippen LogP contribution in [0, 0.1) is 0 Å². The van der Waals surface area contributed by atoms with Crippen molar-refractivity contribution in [1.82, 2.24) is 8.61 Å². The summed E-state index contributed by atoms with van der Waals surface area (Å²) in [7, 11) is -7.15. The molecule has 8 heteroatoms. The molecule has 1 atom stereocenters. The van der Waals surface area contributed by atoms with Gasteiger partial charge in [0.15, 0.2) is 0 Å². The highest BCUT2D eigenvalue weighted by Gasteiger charge is 2.31. The summed E-state index contributed by atoms with van der Waals surface area (Å²) in [6.07, 6.45) is 2.75. The number of sulfonamides is 2. The fourth-order valence-corrected chi connectivity index (χ4v) is 6.22. The smallest absolute Gasteiger partial charge is 0.207 e. The van der Waals surface area contributed by atoms with Crippen molar-refractivity contribution in [3.8, 4) is 0 Å². The highest BCUT2D eigenvalue weighted by molar-refractivity contribution is 7.89. The number of piperidine rings is 1. The zero-order valence-electron chi connectivity index (χ0n) is 14.5. The minimum Gasteiger partial charge on any atom is -0.207 e. The van der Waals surface area contributed by atoms with Gasteiger partial charge in [0.1, 0.15) is 0 Å². The van der Waals surface area contributed by atoms with Crippen LogP contribution >= 0.6 is 0 Å². The molecule has 1 saturated heterocycles. The average Bonchev–Trinajstić information content (AvgIpc) is 2.56. The molecule has 136 valence electrons. The highest BCUT2D eigenvalue weighted by Crippen LogP contribution is 2.26. The number of benzene rings is 1. The predicted molar refractivity (Wildman–Crippen MR) is 93.8 cm³/mol. The number of rotatable bonds is 6. The maximum Gasteiger partial charge on any atom is 0.243 e. The van der Waals surface area contributed by atoms with E-state index in [1.54, 1.807) is 13.8 Å². The maximum absolute atomic E-state index is 12.8. The zero-order valence-corrected chi connectivity index (χ0v) is 16.1. The van der Waals surface area contributed by atoms with E-state index in [-0.39, 0.29) is 15.8 Å². The molecule has 0 aromatic heterocycles. The molecule has 0 amide bonds. The van der Waals surface area contributed by atoms with Gasteiger partial charge in [-0.15, -0.1) is 0 Å². The fourth-order valence-electron chi connectivity index (χ4n) is 3.06. The van der Waals surface area contributed by atoms with Crippen molar-refractivity contribution in [3.05, 3.63) is 24.3 Å². The number of nitrogens with zero attached hydrogens (tertiary/aromatic N) is 2. The van der Waals surface area contributed by atoms with Crippen molar-refractivity contribution in [2.45, 2.75) is 55.9 Å². The molecule has 1 aromatic carbocycles. The van der Waals surface area contributed by atoms with Crippen LogP contribution in [0.5, 0.6) is 0 Å². The lowest BCUT2D eigenvalue weighted by Crippen LogP contribution is -2.41. The van der Waals surface area contributed by atoms with Gasteiger partial charge in [-0.3, -0.25) is 0 Å². The second-order valence-electron chi connectivity index (χ2n) is 6.02. The van der Waals surface area contributed by atoms with Gasteiger partial charge in [-0.05, 0) is 44.0 Å². The van der Waals surface area contributed by atoms with Gasteiger partial charge in [-0.25, -0.2) is 16.8 Å². The molecule has 0 spiro atoms. The molecular formula is C16H26N2O4S2. The molecule has 1 aromatic rings. The van der Waals surface area contributed by atoms with E-state index in [0.717, 1.165) is 19.3 Å². The van der Waals surface area contributed by atoms with Crippen LogP contribution in [0.3, 0.4) is 0 Å². The normalized spacial score (nSPS) is 20.4. The third kappa shape index (κ3) is 3.66. The number of hydrogen-bond donors (Lipinski definition) is 0. The van der Waals surface area contributed by atoms with E-state index in [1.807, 2.05) is 6.92 Å². The molecule has 0 bridgehead atoms. The first-order valence-corrected chi connectivity index (χ1v) is 11.2. The van der Waals surface area contributed by atoms with Crippen molar-refractivity contribution >= 4 is 20.0 Å². The molecule has 0 aliphatic carbocycles. The summed E-state index contributed by atoms with van der Waals surface area (Å²) in [6.45, 7) is 6.74. The van der Waals surface area contributed by atoms with Gasteiger partial charge in [-0.1, -0.05) is 20.3 Å². The Morgan fingerprint density at radius 3 is 2.04 bits per heavy atom. The van der Waals surface area contributed by atoms with Crippen molar-refractivity contribution in [3.63, 3.8) is 0 Å². The predicted octanol–water partition coefficient (Wildman–Crippen LogP) is 2.28. The van der Waals surface area contributed by atoms with Crippen LogP contribution in [0.25, 0.3) is 0 Å². The van der Waals surface area contributed by atoms with Crippen molar-refractivity contribution in [2.75, 3.05) is 19.6 Å². The van der Waals surface area contributed by atoms with Gasteiger partial charge in [0, 0.05) is 25.7 Å². The molecule has 1 aliphatic heterocycles. The third-order valence-electron chi connectivity index (χ3n) is 4.52. The van der Waals surface area contributed by atoms with Crippen LogP contribution in [0.15, 0.2) is 34.1 Å². The molecular weight excluding hydrogens is 348 g/mol. The summed E-state index contributed by atoms with van der Waals surface area (Å²) in [5.41, 5.74) is 0. The Morgan fingerprint density at radius 1 is 1.00 bits per heavy atom. The molecule has 0 N–H and O–H groups in total. The summed E-state index contributed by atoms with van der Waals surface area (Å²) in [5.74, 6) is 0. The molecule has 2 rings (SSSR count). The van der Waals surface area contributed by atoms with E-state index in [2.05, 4.69) is 0 Å². The molecule has 1 fully saturated rings. The Hall–Kier alpha value is -0.960. The van der Waals surface area contributed by atoms with Crippen LogP contribution in [0.2, 0.25) is 0 Å². The lowest BCUT2D eigenvalue weighted by atomic mass is 10.1. The average molecular weight is 375 g/mol. The summed E-state index contributed by atoms with van der Waals surface area (Å²) in [5, 5.41) is 0. The second-order valence-corrected chi connectivity index (χ2v) is 9.85. The van der Waals surface area contributed by atoms with Crippen LogP contribution in [0.1, 0.15) is 40.0 Å². The van der Waals surface area contributed by atoms with Crippen molar-refractivity contribution < 1.29 is 16.8 Å². The monoisotopic (exact) mass is 374 g/mol. The minimum absolute atomic E-state index is 0.0252. The Kier molecular flexibility index (Phi) is 6.06. The van der Waals surface area contributed by atoms with Gasteiger partial charge in [0.2, 0.25) is 20.0 Å². The summed E-state index contributed by atoms with van der Waals surface area (Å²) in [4.78, 5) is 0.270. The summed E-state index contributed by atoms with van der Waals surface area (Å²) < 4.78 is 53.4. The molecule has 6 nitrogen and oxygen atoms in total. The first-order valence-electron chi connectivity index (χ1n) is 8.37. The van der Waals surface area contributed by atoms with E-state index in [0.29, 0.717) is 19.6 Å². The standard InChI is InChI=1S/C16H26N2O4S2/c1-4-17(5-2)23(19,20)15-9-11-16(12-10-15)24(21,22)18-13-7-6-8-14(18)3/h9-12,14H,4-8,13H2,1-3H3/t14-/m1/s1. The van der Waals surface area contributed by atoms with Crippen molar-refractivity contribution in [1.29, 1.82) is 0 Å². The Morgan fingerprint density at radius 2 is 1.54 bits per heavy atom. The molecule has 24 heavy (non-hydrogen) atoms. The molecule has 1 aliphatic rings. The second kappa shape index (κ2) is 7.51. The first kappa shape index (κ1) is 19.4. The highest BCUT2D eigenvalue weighted by atomic mass is 32.2. The lowest BCUT2D eigenvalue weighted by Gasteiger charge is -2.32. The third-order valence-corrected chi connectivity index (χ3v) is 8.61. The zero-order chi connectivity index (χ0) is 18.0. The van der Waals surface area contributed by atoms with Crippen LogP contribution < -0.4 is 0 Å². The molecule has 1 heterocycles. The summed E-state index contributed by atoms with van der Waals surface area (Å²) in [6, 6.07) is 5.53.